The second-order valence-corrected chi connectivity index (χ2v) is 6.74. The molecule has 0 aromatic carbocycles. The van der Waals surface area contributed by atoms with Gasteiger partial charge in [0.1, 0.15) is 0 Å². The summed E-state index contributed by atoms with van der Waals surface area (Å²) in [6.45, 7) is 6.88. The molecule has 1 fully saturated rings. The first kappa shape index (κ1) is 15.8. The van der Waals surface area contributed by atoms with Gasteiger partial charge in [-0.2, -0.15) is 0 Å². The quantitative estimate of drug-likeness (QED) is 0.697. The Morgan fingerprint density at radius 3 is 2.61 bits per heavy atom. The van der Waals surface area contributed by atoms with Crippen molar-refractivity contribution in [1.82, 2.24) is 9.80 Å². The van der Waals surface area contributed by atoms with Crippen molar-refractivity contribution in [1.29, 1.82) is 0 Å². The van der Waals surface area contributed by atoms with E-state index in [4.69, 9.17) is 18.0 Å². The summed E-state index contributed by atoms with van der Waals surface area (Å²) in [4.78, 5) is 5.12. The summed E-state index contributed by atoms with van der Waals surface area (Å²) >= 11 is 5.10. The van der Waals surface area contributed by atoms with Gasteiger partial charge in [0.2, 0.25) is 0 Å². The molecule has 0 radical (unpaired) electrons. The summed E-state index contributed by atoms with van der Waals surface area (Å²) in [6.07, 6.45) is 1.62. The van der Waals surface area contributed by atoms with Crippen LogP contribution in [0.25, 0.3) is 0 Å². The lowest BCUT2D eigenvalue weighted by molar-refractivity contribution is 0.166. The van der Waals surface area contributed by atoms with E-state index in [0.29, 0.717) is 11.0 Å². The Hall–Kier alpha value is -0.230. The van der Waals surface area contributed by atoms with Crippen LogP contribution in [-0.2, 0) is 0 Å². The molecule has 1 heterocycles. The fourth-order valence-corrected chi connectivity index (χ4v) is 2.49. The van der Waals surface area contributed by atoms with E-state index in [2.05, 4.69) is 37.7 Å². The van der Waals surface area contributed by atoms with Crippen molar-refractivity contribution in [2.45, 2.75) is 38.8 Å². The lowest BCUT2D eigenvalue weighted by Gasteiger charge is -2.30. The number of likely N-dealkylation sites (tertiary alicyclic amines) is 1. The van der Waals surface area contributed by atoms with Gasteiger partial charge >= 0.3 is 0 Å². The number of aliphatic hydroxyl groups excluding tert-OH is 1. The van der Waals surface area contributed by atoms with Crippen LogP contribution in [-0.4, -0.2) is 65.8 Å². The number of β-amino-alcohol motifs (C(OH)–C–C–N with tert-alkyl or cyclic N) is 1. The normalized spacial score (nSPS) is 25.9. The smallest absolute Gasteiger partial charge is 0.0784 e. The van der Waals surface area contributed by atoms with Crippen LogP contribution in [0.3, 0.4) is 0 Å². The molecule has 5 heteroatoms. The molecule has 0 aromatic heterocycles. The van der Waals surface area contributed by atoms with E-state index >= 15 is 0 Å². The monoisotopic (exact) mass is 273 g/mol. The van der Waals surface area contributed by atoms with Gasteiger partial charge in [-0.25, -0.2) is 0 Å². The Morgan fingerprint density at radius 2 is 2.11 bits per heavy atom. The van der Waals surface area contributed by atoms with Crippen LogP contribution < -0.4 is 5.73 Å². The maximum atomic E-state index is 9.81. The molecule has 18 heavy (non-hydrogen) atoms. The molecule has 106 valence electrons. The molecular weight excluding hydrogens is 246 g/mol. The summed E-state index contributed by atoms with van der Waals surface area (Å²) in [5.41, 5.74) is 5.65. The average molecular weight is 273 g/mol. The van der Waals surface area contributed by atoms with E-state index in [0.717, 1.165) is 32.5 Å². The van der Waals surface area contributed by atoms with Gasteiger partial charge in [-0.1, -0.05) is 26.1 Å². The molecule has 1 aliphatic rings. The molecule has 0 spiro atoms. The summed E-state index contributed by atoms with van der Waals surface area (Å²) in [6, 6.07) is 0.442. The molecule has 0 aromatic rings. The van der Waals surface area contributed by atoms with E-state index < -0.39 is 0 Å². The van der Waals surface area contributed by atoms with Crippen molar-refractivity contribution in [2.24, 2.45) is 11.1 Å². The summed E-state index contributed by atoms with van der Waals surface area (Å²) in [7, 11) is 4.14. The van der Waals surface area contributed by atoms with Crippen molar-refractivity contribution < 1.29 is 5.11 Å². The van der Waals surface area contributed by atoms with Gasteiger partial charge in [0, 0.05) is 24.5 Å². The second kappa shape index (κ2) is 6.28. The zero-order valence-electron chi connectivity index (χ0n) is 12.0. The molecule has 0 aliphatic carbocycles. The molecule has 0 saturated carbocycles. The second-order valence-electron chi connectivity index (χ2n) is 6.30. The van der Waals surface area contributed by atoms with Crippen LogP contribution in [0.1, 0.15) is 26.7 Å². The first-order valence-corrected chi connectivity index (χ1v) is 7.00. The minimum atomic E-state index is -0.192. The van der Waals surface area contributed by atoms with Crippen LogP contribution in [0.2, 0.25) is 0 Å². The van der Waals surface area contributed by atoms with Crippen LogP contribution in [0.5, 0.6) is 0 Å². The largest absolute Gasteiger partial charge is 0.393 e. The predicted octanol–water partition coefficient (Wildman–Crippen LogP) is 0.686. The molecule has 2 unspecified atom stereocenters. The van der Waals surface area contributed by atoms with Crippen molar-refractivity contribution in [3.05, 3.63) is 0 Å². The molecule has 0 amide bonds. The molecule has 4 nitrogen and oxygen atoms in total. The third-order valence-corrected chi connectivity index (χ3v) is 4.33. The SMILES string of the molecule is CN(C)CC1CC(O)CN1CCC(C)(C)C(N)=S. The summed E-state index contributed by atoms with van der Waals surface area (Å²) < 4.78 is 0. The Balaban J connectivity index is 2.51. The molecule has 1 saturated heterocycles. The van der Waals surface area contributed by atoms with Crippen molar-refractivity contribution >= 4 is 17.2 Å². The highest BCUT2D eigenvalue weighted by molar-refractivity contribution is 7.80. The Labute approximate surface area is 116 Å². The fourth-order valence-electron chi connectivity index (χ4n) is 2.39. The topological polar surface area (TPSA) is 52.7 Å². The third-order valence-electron chi connectivity index (χ3n) is 3.77. The van der Waals surface area contributed by atoms with Gasteiger partial charge in [-0.15, -0.1) is 0 Å². The molecular formula is C13H27N3OS. The van der Waals surface area contributed by atoms with Gasteiger partial charge in [-0.3, -0.25) is 4.90 Å². The van der Waals surface area contributed by atoms with E-state index in [9.17, 15) is 5.11 Å². The number of nitrogens with zero attached hydrogens (tertiary/aromatic N) is 2. The van der Waals surface area contributed by atoms with Gasteiger partial charge in [-0.05, 0) is 33.5 Å². The lowest BCUT2D eigenvalue weighted by atomic mass is 9.89. The number of likely N-dealkylation sites (N-methyl/N-ethyl adjacent to an activating group) is 1. The maximum absolute atomic E-state index is 9.81. The number of hydrogen-bond acceptors (Lipinski definition) is 4. The average Bonchev–Trinajstić information content (AvgIpc) is 2.55. The van der Waals surface area contributed by atoms with Crippen LogP contribution in [0.4, 0.5) is 0 Å². The van der Waals surface area contributed by atoms with E-state index in [1.54, 1.807) is 0 Å². The number of nitrogens with two attached hydrogens (primary N) is 1. The molecule has 2 atom stereocenters. The van der Waals surface area contributed by atoms with Gasteiger partial charge < -0.3 is 15.7 Å². The number of aliphatic hydroxyl groups is 1. The number of rotatable bonds is 6. The van der Waals surface area contributed by atoms with Crippen molar-refractivity contribution in [3.8, 4) is 0 Å². The Kier molecular flexibility index (Phi) is 5.52. The molecule has 1 aliphatic heterocycles. The zero-order chi connectivity index (χ0) is 13.9. The highest BCUT2D eigenvalue weighted by Crippen LogP contribution is 2.25. The van der Waals surface area contributed by atoms with E-state index in [1.165, 1.54) is 0 Å². The summed E-state index contributed by atoms with van der Waals surface area (Å²) in [5, 5.41) is 9.81. The highest BCUT2D eigenvalue weighted by Gasteiger charge is 2.32. The van der Waals surface area contributed by atoms with E-state index in [1.807, 2.05) is 0 Å². The molecule has 0 bridgehead atoms. The fraction of sp³-hybridized carbons (Fsp3) is 0.923. The van der Waals surface area contributed by atoms with Crippen molar-refractivity contribution in [3.63, 3.8) is 0 Å². The number of thiocarbonyl (C=S) groups is 1. The van der Waals surface area contributed by atoms with Crippen LogP contribution >= 0.6 is 12.2 Å². The maximum Gasteiger partial charge on any atom is 0.0784 e. The lowest BCUT2D eigenvalue weighted by Crippen LogP contribution is -2.41. The highest BCUT2D eigenvalue weighted by atomic mass is 32.1. The zero-order valence-corrected chi connectivity index (χ0v) is 12.8. The standard InChI is InChI=1S/C13H27N3OS/c1-13(2,12(14)18)5-6-16-9-11(17)7-10(16)8-15(3)4/h10-11,17H,5-9H2,1-4H3,(H2,14,18). The molecule has 1 rings (SSSR count). The molecule has 3 N–H and O–H groups in total. The number of hydrogen-bond donors (Lipinski definition) is 2. The Morgan fingerprint density at radius 1 is 1.50 bits per heavy atom. The van der Waals surface area contributed by atoms with Crippen LogP contribution in [0.15, 0.2) is 0 Å². The van der Waals surface area contributed by atoms with E-state index in [-0.39, 0.29) is 11.5 Å². The third kappa shape index (κ3) is 4.46. The first-order chi connectivity index (χ1) is 8.22. The van der Waals surface area contributed by atoms with Gasteiger partial charge in [0.25, 0.3) is 0 Å². The first-order valence-electron chi connectivity index (χ1n) is 6.59. The minimum absolute atomic E-state index is 0.106. The van der Waals surface area contributed by atoms with Crippen LogP contribution in [0, 0.1) is 5.41 Å². The van der Waals surface area contributed by atoms with Gasteiger partial charge in [0.05, 0.1) is 11.1 Å². The summed E-state index contributed by atoms with van der Waals surface area (Å²) in [5.74, 6) is 0. The Bertz CT molecular complexity index is 294. The van der Waals surface area contributed by atoms with Gasteiger partial charge in [0.15, 0.2) is 0 Å². The predicted molar refractivity (Wildman–Crippen MR) is 79.7 cm³/mol. The minimum Gasteiger partial charge on any atom is -0.393 e. The van der Waals surface area contributed by atoms with Crippen molar-refractivity contribution in [2.75, 3.05) is 33.7 Å².